The molecule has 206 valence electrons. The second-order valence-electron chi connectivity index (χ2n) is 8.20. The zero-order chi connectivity index (χ0) is 27.8. The molecule has 0 saturated heterocycles. The summed E-state index contributed by atoms with van der Waals surface area (Å²) in [7, 11) is 0. The quantitative estimate of drug-likeness (QED) is 0.0467. The molecule has 0 aliphatic rings. The van der Waals surface area contributed by atoms with Crippen molar-refractivity contribution < 1.29 is 34.2 Å². The van der Waals surface area contributed by atoms with Crippen LogP contribution in [-0.2, 0) is 24.0 Å². The van der Waals surface area contributed by atoms with E-state index >= 15 is 0 Å². The number of carbonyl (C=O) groups excluding carboxylic acids is 4. The number of carboxylic acids is 1. The third-order valence-corrected chi connectivity index (χ3v) is 4.96. The fourth-order valence-corrected chi connectivity index (χ4v) is 3.04. The van der Waals surface area contributed by atoms with Crippen molar-refractivity contribution in [2.75, 3.05) is 13.1 Å². The van der Waals surface area contributed by atoms with Gasteiger partial charge < -0.3 is 54.8 Å². The van der Waals surface area contributed by atoms with E-state index in [1.54, 1.807) is 0 Å². The number of amides is 4. The molecule has 0 aromatic heterocycles. The molecule has 0 spiro atoms. The lowest BCUT2D eigenvalue weighted by atomic mass is 10.0. The van der Waals surface area contributed by atoms with Gasteiger partial charge in [0.2, 0.25) is 23.6 Å². The monoisotopic (exact) mass is 517 g/mol. The lowest BCUT2D eigenvalue weighted by Gasteiger charge is -2.25. The van der Waals surface area contributed by atoms with Crippen molar-refractivity contribution in [1.29, 1.82) is 0 Å². The first-order chi connectivity index (χ1) is 16.8. The SMILES string of the molecule is CC(O)C(NC(=O)C(CCCCN)NC(=O)C(CCCN=C(N)N)NC(=O)C(N)CC(N)=O)C(=O)O. The first-order valence-corrected chi connectivity index (χ1v) is 11.4. The molecule has 0 saturated carbocycles. The van der Waals surface area contributed by atoms with E-state index < -0.39 is 66.3 Å². The molecule has 16 nitrogen and oxygen atoms in total. The molecule has 15 N–H and O–H groups in total. The number of hydrogen-bond donors (Lipinski definition) is 10. The summed E-state index contributed by atoms with van der Waals surface area (Å²) < 4.78 is 0. The Labute approximate surface area is 208 Å². The van der Waals surface area contributed by atoms with Crippen LogP contribution in [0.5, 0.6) is 0 Å². The number of primary amides is 1. The Morgan fingerprint density at radius 3 is 1.86 bits per heavy atom. The first-order valence-electron chi connectivity index (χ1n) is 11.4. The van der Waals surface area contributed by atoms with E-state index in [-0.39, 0.29) is 31.8 Å². The van der Waals surface area contributed by atoms with E-state index in [1.165, 1.54) is 6.92 Å². The molecule has 0 fully saturated rings. The van der Waals surface area contributed by atoms with E-state index in [1.807, 2.05) is 0 Å². The molecule has 0 heterocycles. The van der Waals surface area contributed by atoms with Crippen molar-refractivity contribution in [3.05, 3.63) is 0 Å². The smallest absolute Gasteiger partial charge is 0.328 e. The lowest BCUT2D eigenvalue weighted by molar-refractivity contribution is -0.145. The fraction of sp³-hybridized carbons (Fsp3) is 0.700. The van der Waals surface area contributed by atoms with Crippen LogP contribution in [0.15, 0.2) is 4.99 Å². The Kier molecular flexibility index (Phi) is 15.4. The first kappa shape index (κ1) is 32.5. The molecule has 0 bridgehead atoms. The molecule has 0 aliphatic carbocycles. The summed E-state index contributed by atoms with van der Waals surface area (Å²) in [4.78, 5) is 64.4. The van der Waals surface area contributed by atoms with Crippen LogP contribution in [-0.4, -0.2) is 89.1 Å². The zero-order valence-electron chi connectivity index (χ0n) is 20.3. The molecule has 36 heavy (non-hydrogen) atoms. The maximum absolute atomic E-state index is 13.0. The van der Waals surface area contributed by atoms with Crippen molar-refractivity contribution in [3.8, 4) is 0 Å². The minimum atomic E-state index is -1.60. The Morgan fingerprint density at radius 2 is 1.39 bits per heavy atom. The van der Waals surface area contributed by atoms with Gasteiger partial charge in [0.25, 0.3) is 0 Å². The average molecular weight is 518 g/mol. The van der Waals surface area contributed by atoms with E-state index in [2.05, 4.69) is 20.9 Å². The molecule has 5 unspecified atom stereocenters. The Bertz CT molecular complexity index is 787. The number of rotatable bonds is 18. The Balaban J connectivity index is 5.63. The Morgan fingerprint density at radius 1 is 0.861 bits per heavy atom. The van der Waals surface area contributed by atoms with Gasteiger partial charge in [0.05, 0.1) is 18.6 Å². The Hall–Kier alpha value is -3.50. The van der Waals surface area contributed by atoms with Gasteiger partial charge in [-0.15, -0.1) is 0 Å². The van der Waals surface area contributed by atoms with Gasteiger partial charge in [-0.3, -0.25) is 24.2 Å². The summed E-state index contributed by atoms with van der Waals surface area (Å²) in [5.41, 5.74) is 26.8. The van der Waals surface area contributed by atoms with E-state index in [0.717, 1.165) is 0 Å². The number of nitrogens with two attached hydrogens (primary N) is 5. The van der Waals surface area contributed by atoms with Gasteiger partial charge in [0.1, 0.15) is 12.1 Å². The number of aliphatic hydroxyl groups excluding tert-OH is 1. The van der Waals surface area contributed by atoms with Crippen molar-refractivity contribution in [1.82, 2.24) is 16.0 Å². The van der Waals surface area contributed by atoms with Gasteiger partial charge in [-0.2, -0.15) is 0 Å². The third kappa shape index (κ3) is 13.4. The minimum Gasteiger partial charge on any atom is -0.480 e. The van der Waals surface area contributed by atoms with E-state index in [9.17, 15) is 34.2 Å². The highest BCUT2D eigenvalue weighted by atomic mass is 16.4. The van der Waals surface area contributed by atoms with E-state index in [4.69, 9.17) is 28.7 Å². The van der Waals surface area contributed by atoms with E-state index in [0.29, 0.717) is 19.4 Å². The highest BCUT2D eigenvalue weighted by molar-refractivity contribution is 5.95. The number of carbonyl (C=O) groups is 5. The van der Waals surface area contributed by atoms with Crippen LogP contribution >= 0.6 is 0 Å². The number of guanidine groups is 1. The summed E-state index contributed by atoms with van der Waals surface area (Å²) in [5, 5.41) is 26.0. The van der Waals surface area contributed by atoms with Crippen molar-refractivity contribution in [3.63, 3.8) is 0 Å². The third-order valence-electron chi connectivity index (χ3n) is 4.96. The van der Waals surface area contributed by atoms with Gasteiger partial charge in [0, 0.05) is 6.54 Å². The van der Waals surface area contributed by atoms with Crippen molar-refractivity contribution >= 4 is 35.6 Å². The average Bonchev–Trinajstić information content (AvgIpc) is 2.77. The summed E-state index contributed by atoms with van der Waals surface area (Å²) in [6, 6.07) is -5.29. The standard InChI is InChI=1S/C20H39N9O7/c1-10(30)15(19(35)36)29-18(34)12(5-2-3-7-21)28-17(33)13(6-4-8-26-20(24)25)27-16(32)11(22)9-14(23)31/h10-13,15,30H,2-9,21-22H2,1H3,(H2,23,31)(H,27,32)(H,28,33)(H,29,34)(H,35,36)(H4,24,25,26). The molecule has 16 heteroatoms. The number of unbranched alkanes of at least 4 members (excludes halogenated alkanes) is 1. The molecule has 0 aromatic rings. The predicted molar refractivity (Wildman–Crippen MR) is 130 cm³/mol. The normalized spacial score (nSPS) is 14.9. The number of aliphatic hydroxyl groups is 1. The second-order valence-corrected chi connectivity index (χ2v) is 8.20. The van der Waals surface area contributed by atoms with Gasteiger partial charge in [0.15, 0.2) is 12.0 Å². The number of nitrogens with one attached hydrogen (secondary N) is 3. The number of carboxylic acid groups (broad SMARTS) is 1. The molecule has 5 atom stereocenters. The van der Waals surface area contributed by atoms with Crippen molar-refractivity contribution in [2.24, 2.45) is 33.7 Å². The summed E-state index contributed by atoms with van der Waals surface area (Å²) in [6.45, 7) is 1.66. The molecular weight excluding hydrogens is 478 g/mol. The van der Waals surface area contributed by atoms with Crippen LogP contribution in [0.4, 0.5) is 0 Å². The highest BCUT2D eigenvalue weighted by Gasteiger charge is 2.31. The van der Waals surface area contributed by atoms with Crippen LogP contribution in [0.3, 0.4) is 0 Å². The summed E-state index contributed by atoms with van der Waals surface area (Å²) in [6.07, 6.45) is -0.494. The minimum absolute atomic E-state index is 0.0419. The molecule has 0 rings (SSSR count). The number of aliphatic carboxylic acids is 1. The van der Waals surface area contributed by atoms with Gasteiger partial charge in [-0.1, -0.05) is 0 Å². The van der Waals surface area contributed by atoms with Gasteiger partial charge in [-0.05, 0) is 45.6 Å². The molecule has 0 aliphatic heterocycles. The topological polar surface area (TPSA) is 304 Å². The number of nitrogens with zero attached hydrogens (tertiary/aromatic N) is 1. The maximum Gasteiger partial charge on any atom is 0.328 e. The maximum atomic E-state index is 13.0. The second kappa shape index (κ2) is 17.0. The van der Waals surface area contributed by atoms with Gasteiger partial charge >= 0.3 is 5.97 Å². The largest absolute Gasteiger partial charge is 0.480 e. The molecule has 4 amide bonds. The molecule has 0 aromatic carbocycles. The fourth-order valence-electron chi connectivity index (χ4n) is 3.04. The van der Waals surface area contributed by atoms with Crippen LogP contribution in [0.2, 0.25) is 0 Å². The predicted octanol–water partition coefficient (Wildman–Crippen LogP) is -4.71. The molecule has 0 radical (unpaired) electrons. The van der Waals surface area contributed by atoms with Crippen LogP contribution < -0.4 is 44.6 Å². The number of hydrogen-bond acceptors (Lipinski definition) is 9. The van der Waals surface area contributed by atoms with Crippen LogP contribution in [0.25, 0.3) is 0 Å². The lowest BCUT2D eigenvalue weighted by Crippen LogP contribution is -2.58. The summed E-state index contributed by atoms with van der Waals surface area (Å²) >= 11 is 0. The van der Waals surface area contributed by atoms with Crippen LogP contribution in [0.1, 0.15) is 45.4 Å². The van der Waals surface area contributed by atoms with Crippen molar-refractivity contribution in [2.45, 2.75) is 75.7 Å². The summed E-state index contributed by atoms with van der Waals surface area (Å²) in [5.74, 6) is -4.86. The highest BCUT2D eigenvalue weighted by Crippen LogP contribution is 2.06. The number of aliphatic imine (C=N–C) groups is 1. The van der Waals surface area contributed by atoms with Crippen LogP contribution in [0, 0.1) is 0 Å². The molecular formula is C20H39N9O7. The van der Waals surface area contributed by atoms with Gasteiger partial charge in [-0.25, -0.2) is 4.79 Å². The zero-order valence-corrected chi connectivity index (χ0v) is 20.3.